The summed E-state index contributed by atoms with van der Waals surface area (Å²) in [5.74, 6) is 0.654. The van der Waals surface area contributed by atoms with Crippen LogP contribution in [-0.2, 0) is 0 Å². The lowest BCUT2D eigenvalue weighted by atomic mass is 10.1. The maximum absolute atomic E-state index is 12.0. The second-order valence-electron chi connectivity index (χ2n) is 5.51. The van der Waals surface area contributed by atoms with Crippen LogP contribution in [-0.4, -0.2) is 7.11 Å². The van der Waals surface area contributed by atoms with E-state index in [1.165, 1.54) is 6.07 Å². The maximum atomic E-state index is 12.0. The molecular weight excluding hydrogens is 356 g/mol. The summed E-state index contributed by atoms with van der Waals surface area (Å²) in [7, 11) is 1.58. The molecule has 0 unspecified atom stereocenters. The lowest BCUT2D eigenvalue weighted by Gasteiger charge is -2.05. The topological polar surface area (TPSA) is 39.4 Å². The largest absolute Gasteiger partial charge is 0.497 e. The van der Waals surface area contributed by atoms with Crippen LogP contribution in [0.25, 0.3) is 31.9 Å². The van der Waals surface area contributed by atoms with Gasteiger partial charge in [-0.05, 0) is 42.0 Å². The van der Waals surface area contributed by atoms with Gasteiger partial charge in [-0.3, -0.25) is 0 Å². The second-order valence-corrected chi connectivity index (χ2v) is 7.03. The van der Waals surface area contributed by atoms with E-state index in [4.69, 9.17) is 20.8 Å². The molecule has 0 atom stereocenters. The van der Waals surface area contributed by atoms with Gasteiger partial charge in [0.05, 0.1) is 7.11 Å². The normalized spacial score (nSPS) is 11.0. The zero-order valence-corrected chi connectivity index (χ0v) is 14.9. The van der Waals surface area contributed by atoms with E-state index < -0.39 is 0 Å². The zero-order chi connectivity index (χ0) is 17.4. The molecule has 124 valence electrons. The Kier molecular flexibility index (Phi) is 4.07. The molecule has 0 radical (unpaired) electrons. The van der Waals surface area contributed by atoms with Crippen LogP contribution in [0.5, 0.6) is 5.75 Å². The first kappa shape index (κ1) is 15.9. The molecule has 0 aliphatic heterocycles. The van der Waals surface area contributed by atoms with Gasteiger partial charge in [0.15, 0.2) is 0 Å². The molecule has 25 heavy (non-hydrogen) atoms. The van der Waals surface area contributed by atoms with Crippen molar-refractivity contribution in [2.45, 2.75) is 0 Å². The van der Waals surface area contributed by atoms with Crippen LogP contribution < -0.4 is 10.4 Å². The molecular formula is C20H13ClO3S. The highest BCUT2D eigenvalue weighted by molar-refractivity contribution is 7.18. The van der Waals surface area contributed by atoms with Crippen molar-refractivity contribution >= 4 is 33.9 Å². The van der Waals surface area contributed by atoms with E-state index in [1.54, 1.807) is 24.5 Å². The highest BCUT2D eigenvalue weighted by Crippen LogP contribution is 2.37. The molecule has 0 spiro atoms. The molecule has 4 aromatic rings. The van der Waals surface area contributed by atoms with Crippen LogP contribution in [0.4, 0.5) is 0 Å². The number of thiophene rings is 1. The number of fused-ring (bicyclic) bond motifs is 1. The summed E-state index contributed by atoms with van der Waals surface area (Å²) in [5, 5.41) is 1.59. The van der Waals surface area contributed by atoms with Crippen molar-refractivity contribution in [2.75, 3.05) is 7.11 Å². The number of rotatable bonds is 3. The number of hydrogen-bond acceptors (Lipinski definition) is 4. The quantitative estimate of drug-likeness (QED) is 0.426. The predicted octanol–water partition coefficient (Wildman–Crippen LogP) is 5.85. The van der Waals surface area contributed by atoms with E-state index in [9.17, 15) is 4.79 Å². The molecule has 0 fully saturated rings. The summed E-state index contributed by atoms with van der Waals surface area (Å²) in [5.41, 5.74) is 2.09. The number of methoxy groups -OCH3 is 1. The molecule has 5 heteroatoms. The molecule has 0 aliphatic carbocycles. The number of halogens is 1. The smallest absolute Gasteiger partial charge is 0.336 e. The summed E-state index contributed by atoms with van der Waals surface area (Å²) in [6, 6.07) is 18.8. The molecule has 2 aromatic carbocycles. The molecule has 0 saturated heterocycles. The Morgan fingerprint density at radius 1 is 0.960 bits per heavy atom. The fourth-order valence-electron chi connectivity index (χ4n) is 2.73. The van der Waals surface area contributed by atoms with Gasteiger partial charge in [0.2, 0.25) is 0 Å². The van der Waals surface area contributed by atoms with E-state index >= 15 is 0 Å². The monoisotopic (exact) mass is 368 g/mol. The van der Waals surface area contributed by atoms with Crippen molar-refractivity contribution in [3.05, 3.63) is 76.1 Å². The standard InChI is InChI=1S/C20H13ClO3S/c1-23-14-6-7-15-16(11-20(22)24-17(15)10-14)19-9-8-18(25-19)12-2-4-13(21)5-3-12/h2-11H,1H3. The first-order valence-corrected chi connectivity index (χ1v) is 8.81. The third-order valence-electron chi connectivity index (χ3n) is 3.95. The molecule has 4 rings (SSSR count). The number of hydrogen-bond donors (Lipinski definition) is 0. The van der Waals surface area contributed by atoms with Gasteiger partial charge in [-0.15, -0.1) is 11.3 Å². The Labute approximate surface area is 153 Å². The highest BCUT2D eigenvalue weighted by Gasteiger charge is 2.12. The van der Waals surface area contributed by atoms with Crippen molar-refractivity contribution in [3.63, 3.8) is 0 Å². The lowest BCUT2D eigenvalue weighted by Crippen LogP contribution is -1.97. The molecule has 0 N–H and O–H groups in total. The van der Waals surface area contributed by atoms with Gasteiger partial charge < -0.3 is 9.15 Å². The summed E-state index contributed by atoms with van der Waals surface area (Å²) < 4.78 is 10.5. The van der Waals surface area contributed by atoms with Crippen molar-refractivity contribution in [1.82, 2.24) is 0 Å². The van der Waals surface area contributed by atoms with Crippen molar-refractivity contribution < 1.29 is 9.15 Å². The van der Waals surface area contributed by atoms with Crippen LogP contribution in [0.1, 0.15) is 0 Å². The number of ether oxygens (including phenoxy) is 1. The summed E-state index contributed by atoms with van der Waals surface area (Å²) in [6.45, 7) is 0. The molecule has 0 amide bonds. The Morgan fingerprint density at radius 3 is 2.48 bits per heavy atom. The summed E-state index contributed by atoms with van der Waals surface area (Å²) >= 11 is 7.58. The summed E-state index contributed by atoms with van der Waals surface area (Å²) in [6.07, 6.45) is 0. The van der Waals surface area contributed by atoms with E-state index in [0.29, 0.717) is 16.4 Å². The Hall–Kier alpha value is -2.56. The van der Waals surface area contributed by atoms with Crippen LogP contribution in [0.15, 0.2) is 69.9 Å². The average Bonchev–Trinajstić information content (AvgIpc) is 3.11. The van der Waals surface area contributed by atoms with E-state index in [2.05, 4.69) is 0 Å². The molecule has 0 aliphatic rings. The second kappa shape index (κ2) is 6.39. The molecule has 2 aromatic heterocycles. The van der Waals surface area contributed by atoms with Crippen LogP contribution in [0.2, 0.25) is 5.02 Å². The minimum absolute atomic E-state index is 0.378. The van der Waals surface area contributed by atoms with E-state index in [1.807, 2.05) is 48.5 Å². The Balaban J connectivity index is 1.85. The first-order chi connectivity index (χ1) is 12.1. The van der Waals surface area contributed by atoms with Gasteiger partial charge in [-0.2, -0.15) is 0 Å². The zero-order valence-electron chi connectivity index (χ0n) is 13.3. The SMILES string of the molecule is COc1ccc2c(-c3ccc(-c4ccc(Cl)cc4)s3)cc(=O)oc2c1. The van der Waals surface area contributed by atoms with Gasteiger partial charge in [0, 0.05) is 37.9 Å². The third-order valence-corrected chi connectivity index (χ3v) is 5.37. The van der Waals surface area contributed by atoms with Crippen molar-refractivity contribution in [2.24, 2.45) is 0 Å². The number of benzene rings is 2. The van der Waals surface area contributed by atoms with E-state index in [0.717, 1.165) is 26.3 Å². The van der Waals surface area contributed by atoms with Crippen LogP contribution in [0, 0.1) is 0 Å². The van der Waals surface area contributed by atoms with Gasteiger partial charge in [-0.25, -0.2) is 4.79 Å². The van der Waals surface area contributed by atoms with E-state index in [-0.39, 0.29) is 5.63 Å². The minimum atomic E-state index is -0.378. The van der Waals surface area contributed by atoms with Crippen molar-refractivity contribution in [1.29, 1.82) is 0 Å². The molecule has 2 heterocycles. The minimum Gasteiger partial charge on any atom is -0.497 e. The first-order valence-electron chi connectivity index (χ1n) is 7.62. The van der Waals surface area contributed by atoms with Crippen LogP contribution in [0.3, 0.4) is 0 Å². The third kappa shape index (κ3) is 3.06. The predicted molar refractivity (Wildman–Crippen MR) is 103 cm³/mol. The van der Waals surface area contributed by atoms with Gasteiger partial charge in [0.25, 0.3) is 0 Å². The molecule has 0 bridgehead atoms. The fourth-order valence-corrected chi connectivity index (χ4v) is 3.89. The Morgan fingerprint density at radius 2 is 1.72 bits per heavy atom. The summed E-state index contributed by atoms with van der Waals surface area (Å²) in [4.78, 5) is 14.1. The van der Waals surface area contributed by atoms with Gasteiger partial charge >= 0.3 is 5.63 Å². The highest BCUT2D eigenvalue weighted by atomic mass is 35.5. The van der Waals surface area contributed by atoms with Crippen molar-refractivity contribution in [3.8, 4) is 26.6 Å². The molecule has 0 saturated carbocycles. The molecule has 3 nitrogen and oxygen atoms in total. The fraction of sp³-hybridized carbons (Fsp3) is 0.0500. The van der Waals surface area contributed by atoms with Gasteiger partial charge in [-0.1, -0.05) is 23.7 Å². The average molecular weight is 369 g/mol. The Bertz CT molecular complexity index is 1110. The van der Waals surface area contributed by atoms with Crippen LogP contribution >= 0.6 is 22.9 Å². The lowest BCUT2D eigenvalue weighted by molar-refractivity contribution is 0.414. The van der Waals surface area contributed by atoms with Gasteiger partial charge in [0.1, 0.15) is 11.3 Å². The maximum Gasteiger partial charge on any atom is 0.336 e.